The topological polar surface area (TPSA) is 83.6 Å². The highest BCUT2D eigenvalue weighted by molar-refractivity contribution is 7.92. The predicted molar refractivity (Wildman–Crippen MR) is 92.1 cm³/mol. The Morgan fingerprint density at radius 1 is 1.00 bits per heavy atom. The largest absolute Gasteiger partial charge is 0.507 e. The molecule has 0 unspecified atom stereocenters. The number of hydrogen-bond donors (Lipinski definition) is 2. The number of nitrogens with zero attached hydrogens (tertiary/aromatic N) is 1. The van der Waals surface area contributed by atoms with Crippen molar-refractivity contribution in [3.63, 3.8) is 0 Å². The molecule has 0 radical (unpaired) electrons. The van der Waals surface area contributed by atoms with Crippen LogP contribution >= 0.6 is 0 Å². The molecule has 0 heterocycles. The van der Waals surface area contributed by atoms with E-state index in [2.05, 4.69) is 0 Å². The van der Waals surface area contributed by atoms with E-state index in [1.165, 1.54) is 23.5 Å². The molecule has 0 amide bonds. The third kappa shape index (κ3) is 2.68. The van der Waals surface area contributed by atoms with Gasteiger partial charge in [0.1, 0.15) is 5.75 Å². The summed E-state index contributed by atoms with van der Waals surface area (Å²) in [5.74, 6) is -0.116. The Morgan fingerprint density at radius 2 is 1.70 bits per heavy atom. The molecule has 5 nitrogen and oxygen atoms in total. The van der Waals surface area contributed by atoms with Gasteiger partial charge in [-0.1, -0.05) is 24.3 Å². The molecule has 0 saturated carbocycles. The molecule has 0 atom stereocenters. The number of anilines is 2. The normalized spacial score (nSPS) is 11.5. The van der Waals surface area contributed by atoms with Crippen LogP contribution in [0.25, 0.3) is 10.8 Å². The SMILES string of the molecule is CN(c1ccccc1)S(=O)(=O)c1cc(O)c2cc(N)ccc2c1. The molecule has 3 N–H and O–H groups in total. The fourth-order valence-electron chi connectivity index (χ4n) is 2.41. The van der Waals surface area contributed by atoms with Gasteiger partial charge in [-0.05, 0) is 35.7 Å². The molecular formula is C17H16N2O3S. The molecule has 23 heavy (non-hydrogen) atoms. The van der Waals surface area contributed by atoms with Gasteiger partial charge >= 0.3 is 0 Å². The molecule has 0 bridgehead atoms. The van der Waals surface area contributed by atoms with E-state index in [9.17, 15) is 13.5 Å². The summed E-state index contributed by atoms with van der Waals surface area (Å²) in [6, 6.07) is 16.5. The Hall–Kier alpha value is -2.73. The second kappa shape index (κ2) is 5.48. The first-order chi connectivity index (χ1) is 10.9. The van der Waals surface area contributed by atoms with E-state index < -0.39 is 10.0 Å². The molecule has 0 aliphatic heterocycles. The van der Waals surface area contributed by atoms with Crippen molar-refractivity contribution in [2.45, 2.75) is 4.90 Å². The summed E-state index contributed by atoms with van der Waals surface area (Å²) in [6.45, 7) is 0. The van der Waals surface area contributed by atoms with E-state index in [1.54, 1.807) is 42.5 Å². The highest BCUT2D eigenvalue weighted by Gasteiger charge is 2.22. The average Bonchev–Trinajstić information content (AvgIpc) is 2.55. The van der Waals surface area contributed by atoms with E-state index in [-0.39, 0.29) is 10.6 Å². The number of fused-ring (bicyclic) bond motifs is 1. The number of para-hydroxylation sites is 1. The summed E-state index contributed by atoms with van der Waals surface area (Å²) in [6.07, 6.45) is 0. The van der Waals surface area contributed by atoms with Crippen LogP contribution < -0.4 is 10.0 Å². The molecule has 118 valence electrons. The summed E-state index contributed by atoms with van der Waals surface area (Å²) in [4.78, 5) is 0.0265. The van der Waals surface area contributed by atoms with Gasteiger partial charge in [0.15, 0.2) is 0 Å². The molecule has 6 heteroatoms. The van der Waals surface area contributed by atoms with Crippen LogP contribution in [0.2, 0.25) is 0 Å². The number of nitrogens with two attached hydrogens (primary N) is 1. The monoisotopic (exact) mass is 328 g/mol. The van der Waals surface area contributed by atoms with E-state index in [1.807, 2.05) is 6.07 Å². The molecule has 0 saturated heterocycles. The fraction of sp³-hybridized carbons (Fsp3) is 0.0588. The van der Waals surface area contributed by atoms with Crippen molar-refractivity contribution < 1.29 is 13.5 Å². The summed E-state index contributed by atoms with van der Waals surface area (Å²) in [5, 5.41) is 11.3. The van der Waals surface area contributed by atoms with Gasteiger partial charge in [0.25, 0.3) is 10.0 Å². The van der Waals surface area contributed by atoms with Crippen molar-refractivity contribution in [1.29, 1.82) is 0 Å². The van der Waals surface area contributed by atoms with Crippen LogP contribution in [-0.4, -0.2) is 20.6 Å². The Balaban J connectivity index is 2.14. The van der Waals surface area contributed by atoms with Gasteiger partial charge in [0, 0.05) is 24.2 Å². The van der Waals surface area contributed by atoms with Crippen LogP contribution in [0.5, 0.6) is 5.75 Å². The molecule has 0 aliphatic carbocycles. The van der Waals surface area contributed by atoms with E-state index >= 15 is 0 Å². The molecular weight excluding hydrogens is 312 g/mol. The second-order valence-corrected chi connectivity index (χ2v) is 7.20. The van der Waals surface area contributed by atoms with Crippen LogP contribution in [0.15, 0.2) is 65.6 Å². The van der Waals surface area contributed by atoms with Crippen LogP contribution in [0.3, 0.4) is 0 Å². The molecule has 0 fully saturated rings. The standard InChI is InChI=1S/C17H16N2O3S/c1-19(14-5-3-2-4-6-14)23(21,22)15-9-12-7-8-13(18)10-16(12)17(20)11-15/h2-11,20H,18H2,1H3. The maximum absolute atomic E-state index is 12.8. The Kier molecular flexibility index (Phi) is 3.61. The number of hydrogen-bond acceptors (Lipinski definition) is 4. The van der Waals surface area contributed by atoms with Gasteiger partial charge in [-0.25, -0.2) is 8.42 Å². The molecule has 3 aromatic rings. The van der Waals surface area contributed by atoms with Crippen molar-refractivity contribution in [2.24, 2.45) is 0 Å². The van der Waals surface area contributed by atoms with Crippen LogP contribution in [0.4, 0.5) is 11.4 Å². The van der Waals surface area contributed by atoms with Crippen LogP contribution in [-0.2, 0) is 10.0 Å². The molecule has 0 aromatic heterocycles. The van der Waals surface area contributed by atoms with Crippen LogP contribution in [0.1, 0.15) is 0 Å². The number of aromatic hydroxyl groups is 1. The van der Waals surface area contributed by atoms with Gasteiger partial charge < -0.3 is 10.8 Å². The Bertz CT molecular complexity index is 970. The van der Waals surface area contributed by atoms with E-state index in [4.69, 9.17) is 5.73 Å². The number of phenols is 1. The highest BCUT2D eigenvalue weighted by Crippen LogP contribution is 2.32. The third-order valence-corrected chi connectivity index (χ3v) is 5.47. The van der Waals surface area contributed by atoms with Gasteiger partial charge in [-0.15, -0.1) is 0 Å². The van der Waals surface area contributed by atoms with E-state index in [0.29, 0.717) is 22.1 Å². The van der Waals surface area contributed by atoms with E-state index in [0.717, 1.165) is 0 Å². The molecule has 3 aromatic carbocycles. The number of benzene rings is 3. The summed E-state index contributed by atoms with van der Waals surface area (Å²) >= 11 is 0. The van der Waals surface area contributed by atoms with Crippen molar-refractivity contribution >= 4 is 32.2 Å². The maximum Gasteiger partial charge on any atom is 0.264 e. The van der Waals surface area contributed by atoms with Crippen molar-refractivity contribution in [2.75, 3.05) is 17.1 Å². The van der Waals surface area contributed by atoms with Gasteiger partial charge in [-0.2, -0.15) is 0 Å². The zero-order valence-corrected chi connectivity index (χ0v) is 13.3. The average molecular weight is 328 g/mol. The lowest BCUT2D eigenvalue weighted by atomic mass is 10.1. The number of phenolic OH excluding ortho intramolecular Hbond substituents is 1. The molecule has 0 spiro atoms. The van der Waals surface area contributed by atoms with Crippen LogP contribution in [0, 0.1) is 0 Å². The number of rotatable bonds is 3. The quantitative estimate of drug-likeness (QED) is 0.724. The smallest absolute Gasteiger partial charge is 0.264 e. The third-order valence-electron chi connectivity index (χ3n) is 3.71. The first-order valence-electron chi connectivity index (χ1n) is 6.96. The summed E-state index contributed by atoms with van der Waals surface area (Å²) in [5.41, 5.74) is 6.75. The lowest BCUT2D eigenvalue weighted by Gasteiger charge is -2.20. The number of sulfonamides is 1. The maximum atomic E-state index is 12.8. The lowest BCUT2D eigenvalue weighted by Crippen LogP contribution is -2.26. The zero-order chi connectivity index (χ0) is 16.6. The summed E-state index contributed by atoms with van der Waals surface area (Å²) in [7, 11) is -2.29. The highest BCUT2D eigenvalue weighted by atomic mass is 32.2. The first-order valence-corrected chi connectivity index (χ1v) is 8.40. The van der Waals surface area contributed by atoms with Gasteiger partial charge in [-0.3, -0.25) is 4.31 Å². The predicted octanol–water partition coefficient (Wildman–Crippen LogP) is 2.95. The molecule has 0 aliphatic rings. The summed E-state index contributed by atoms with van der Waals surface area (Å²) < 4.78 is 26.8. The van der Waals surface area contributed by atoms with Crippen molar-refractivity contribution in [1.82, 2.24) is 0 Å². The van der Waals surface area contributed by atoms with Crippen molar-refractivity contribution in [3.05, 3.63) is 60.7 Å². The lowest BCUT2D eigenvalue weighted by molar-refractivity contribution is 0.479. The Labute approximate surface area is 134 Å². The fourth-order valence-corrected chi connectivity index (χ4v) is 3.66. The Morgan fingerprint density at radius 3 is 2.39 bits per heavy atom. The van der Waals surface area contributed by atoms with Crippen molar-refractivity contribution in [3.8, 4) is 5.75 Å². The number of nitrogen functional groups attached to an aromatic ring is 1. The first kappa shape index (κ1) is 15.2. The second-order valence-electron chi connectivity index (χ2n) is 5.23. The molecule has 3 rings (SSSR count). The minimum Gasteiger partial charge on any atom is -0.507 e. The minimum atomic E-state index is -3.77. The zero-order valence-electron chi connectivity index (χ0n) is 12.5. The van der Waals surface area contributed by atoms with Gasteiger partial charge in [0.05, 0.1) is 10.6 Å². The van der Waals surface area contributed by atoms with Gasteiger partial charge in [0.2, 0.25) is 0 Å². The minimum absolute atomic E-state index is 0.0265.